The summed E-state index contributed by atoms with van der Waals surface area (Å²) in [6, 6.07) is 1.88. The largest absolute Gasteiger partial charge is 0.456 e. The summed E-state index contributed by atoms with van der Waals surface area (Å²) >= 11 is 0. The molecule has 0 spiro atoms. The lowest BCUT2D eigenvalue weighted by atomic mass is 10.2. The zero-order valence-electron chi connectivity index (χ0n) is 14.5. The molecule has 0 radical (unpaired) electrons. The summed E-state index contributed by atoms with van der Waals surface area (Å²) in [6.45, 7) is 8.12. The molecule has 128 valence electrons. The minimum Gasteiger partial charge on any atom is -0.456 e. The molecular weight excluding hydrogens is 292 g/mol. The molecule has 0 aromatic carbocycles. The van der Waals surface area contributed by atoms with Gasteiger partial charge in [0.2, 0.25) is 0 Å². The van der Waals surface area contributed by atoms with Crippen molar-refractivity contribution in [3.63, 3.8) is 0 Å². The van der Waals surface area contributed by atoms with Crippen LogP contribution in [0.4, 0.5) is 0 Å². The predicted molar refractivity (Wildman–Crippen MR) is 88.7 cm³/mol. The quantitative estimate of drug-likeness (QED) is 0.807. The van der Waals surface area contributed by atoms with Gasteiger partial charge in [-0.1, -0.05) is 6.92 Å². The minimum atomic E-state index is 0.0107. The van der Waals surface area contributed by atoms with Gasteiger partial charge in [0.25, 0.3) is 5.91 Å². The maximum absolute atomic E-state index is 12.9. The Morgan fingerprint density at radius 3 is 2.78 bits per heavy atom. The molecule has 1 saturated carbocycles. The lowest BCUT2D eigenvalue weighted by Gasteiger charge is -2.33. The van der Waals surface area contributed by atoms with Gasteiger partial charge in [-0.05, 0) is 44.4 Å². The minimum absolute atomic E-state index is 0.0107. The predicted octanol–water partition coefficient (Wildman–Crippen LogP) is 2.33. The van der Waals surface area contributed by atoms with Crippen molar-refractivity contribution in [3.8, 4) is 0 Å². The van der Waals surface area contributed by atoms with Crippen molar-refractivity contribution in [2.45, 2.75) is 39.2 Å². The van der Waals surface area contributed by atoms with Crippen molar-refractivity contribution in [2.24, 2.45) is 5.92 Å². The molecule has 1 atom stereocenters. The normalized spacial score (nSPS) is 22.3. The Balaban J connectivity index is 1.70. The van der Waals surface area contributed by atoms with E-state index in [9.17, 15) is 4.79 Å². The van der Waals surface area contributed by atoms with Crippen LogP contribution in [0.1, 0.15) is 41.6 Å². The Labute approximate surface area is 138 Å². The van der Waals surface area contributed by atoms with E-state index in [0.717, 1.165) is 44.0 Å². The number of carbonyl (C=O) groups is 1. The van der Waals surface area contributed by atoms with Crippen LogP contribution < -0.4 is 0 Å². The highest BCUT2D eigenvalue weighted by molar-refractivity contribution is 5.91. The smallest absolute Gasteiger partial charge is 0.289 e. The molecule has 1 aromatic rings. The number of morpholine rings is 1. The lowest BCUT2D eigenvalue weighted by Crippen LogP contribution is -2.48. The third kappa shape index (κ3) is 4.15. The maximum atomic E-state index is 12.9. The van der Waals surface area contributed by atoms with Crippen molar-refractivity contribution in [1.29, 1.82) is 0 Å². The van der Waals surface area contributed by atoms with Crippen LogP contribution in [0.25, 0.3) is 0 Å². The van der Waals surface area contributed by atoms with Gasteiger partial charge in [-0.25, -0.2) is 0 Å². The van der Waals surface area contributed by atoms with Crippen molar-refractivity contribution in [2.75, 3.05) is 39.8 Å². The summed E-state index contributed by atoms with van der Waals surface area (Å²) in [4.78, 5) is 17.1. The second-order valence-electron chi connectivity index (χ2n) is 6.98. The molecule has 23 heavy (non-hydrogen) atoms. The summed E-state index contributed by atoms with van der Waals surface area (Å²) in [6.07, 6.45) is 3.37. The first-order valence-corrected chi connectivity index (χ1v) is 8.75. The van der Waals surface area contributed by atoms with Gasteiger partial charge < -0.3 is 19.0 Å². The zero-order valence-corrected chi connectivity index (χ0v) is 14.5. The summed E-state index contributed by atoms with van der Waals surface area (Å²) in [5, 5.41) is 0. The van der Waals surface area contributed by atoms with Gasteiger partial charge in [-0.3, -0.25) is 4.79 Å². The number of nitrogens with zero attached hydrogens (tertiary/aromatic N) is 2. The first-order chi connectivity index (χ1) is 11.1. The van der Waals surface area contributed by atoms with Crippen molar-refractivity contribution < 1.29 is 13.9 Å². The van der Waals surface area contributed by atoms with Crippen LogP contribution in [0.5, 0.6) is 0 Å². The molecule has 1 aliphatic heterocycles. The summed E-state index contributed by atoms with van der Waals surface area (Å²) in [5.74, 6) is 2.05. The van der Waals surface area contributed by atoms with Gasteiger partial charge in [-0.2, -0.15) is 0 Å². The summed E-state index contributed by atoms with van der Waals surface area (Å²) in [5.41, 5.74) is 1.07. The highest BCUT2D eigenvalue weighted by atomic mass is 16.5. The second-order valence-corrected chi connectivity index (χ2v) is 6.98. The van der Waals surface area contributed by atoms with E-state index in [4.69, 9.17) is 9.15 Å². The van der Waals surface area contributed by atoms with Gasteiger partial charge in [0.15, 0.2) is 5.76 Å². The Kier molecular flexibility index (Phi) is 5.07. The van der Waals surface area contributed by atoms with Crippen LogP contribution in [-0.2, 0) is 11.2 Å². The monoisotopic (exact) mass is 320 g/mol. The Morgan fingerprint density at radius 1 is 1.39 bits per heavy atom. The van der Waals surface area contributed by atoms with Crippen LogP contribution in [-0.4, -0.2) is 61.6 Å². The molecule has 0 unspecified atom stereocenters. The molecule has 5 nitrogen and oxygen atoms in total. The highest BCUT2D eigenvalue weighted by Gasteiger charge is 2.31. The van der Waals surface area contributed by atoms with E-state index in [1.165, 1.54) is 12.8 Å². The molecule has 1 saturated heterocycles. The number of ether oxygens (including phenoxy) is 1. The van der Waals surface area contributed by atoms with Crippen LogP contribution in [0.3, 0.4) is 0 Å². The molecular formula is C18H28N2O3. The molecule has 1 aliphatic carbocycles. The van der Waals surface area contributed by atoms with Crippen molar-refractivity contribution >= 4 is 5.91 Å². The topological polar surface area (TPSA) is 45.9 Å². The average Bonchev–Trinajstić information content (AvgIpc) is 3.26. The lowest BCUT2D eigenvalue weighted by molar-refractivity contribution is -0.0334. The second kappa shape index (κ2) is 7.05. The van der Waals surface area contributed by atoms with E-state index in [-0.39, 0.29) is 12.0 Å². The third-order valence-electron chi connectivity index (χ3n) is 4.78. The van der Waals surface area contributed by atoms with Crippen LogP contribution in [0, 0.1) is 12.8 Å². The number of amides is 1. The van der Waals surface area contributed by atoms with Gasteiger partial charge in [0.1, 0.15) is 5.76 Å². The first-order valence-electron chi connectivity index (χ1n) is 8.75. The van der Waals surface area contributed by atoms with E-state index in [2.05, 4.69) is 11.9 Å². The van der Waals surface area contributed by atoms with Crippen molar-refractivity contribution in [1.82, 2.24) is 9.80 Å². The fraction of sp³-hybridized carbons (Fsp3) is 0.722. The number of carbonyl (C=O) groups excluding carboxylic acids is 1. The van der Waals surface area contributed by atoms with Crippen LogP contribution >= 0.6 is 0 Å². The van der Waals surface area contributed by atoms with E-state index in [1.807, 2.05) is 24.8 Å². The average molecular weight is 320 g/mol. The number of furan rings is 1. The van der Waals surface area contributed by atoms with E-state index >= 15 is 0 Å². The van der Waals surface area contributed by atoms with E-state index in [1.54, 1.807) is 0 Å². The molecule has 1 amide bonds. The molecule has 2 heterocycles. The first kappa shape index (κ1) is 16.5. The van der Waals surface area contributed by atoms with E-state index < -0.39 is 0 Å². The fourth-order valence-corrected chi connectivity index (χ4v) is 3.21. The number of rotatable bonds is 6. The zero-order chi connectivity index (χ0) is 16.4. The maximum Gasteiger partial charge on any atom is 0.289 e. The van der Waals surface area contributed by atoms with Gasteiger partial charge >= 0.3 is 0 Å². The molecule has 2 fully saturated rings. The van der Waals surface area contributed by atoms with Gasteiger partial charge in [-0.15, -0.1) is 0 Å². The SMILES string of the molecule is CCc1oc(C(=O)N(CC2CC2)C[C@H]2CN(C)CCO2)cc1C. The van der Waals surface area contributed by atoms with E-state index in [0.29, 0.717) is 18.2 Å². The Morgan fingerprint density at radius 2 is 2.17 bits per heavy atom. The van der Waals surface area contributed by atoms with Crippen LogP contribution in [0.15, 0.2) is 10.5 Å². The van der Waals surface area contributed by atoms with Crippen LogP contribution in [0.2, 0.25) is 0 Å². The van der Waals surface area contributed by atoms with Crippen molar-refractivity contribution in [3.05, 3.63) is 23.2 Å². The molecule has 1 aromatic heterocycles. The Bertz CT molecular complexity index is 550. The number of likely N-dealkylation sites (N-methyl/N-ethyl adjacent to an activating group) is 1. The fourth-order valence-electron chi connectivity index (χ4n) is 3.21. The highest BCUT2D eigenvalue weighted by Crippen LogP contribution is 2.30. The molecule has 5 heteroatoms. The number of aryl methyl sites for hydroxylation is 2. The summed E-state index contributed by atoms with van der Waals surface area (Å²) in [7, 11) is 2.10. The number of hydrogen-bond acceptors (Lipinski definition) is 4. The molecule has 3 rings (SSSR count). The Hall–Kier alpha value is -1.33. The standard InChI is InChI=1S/C18H28N2O3/c1-4-16-13(2)9-17(23-16)18(21)20(10-14-5-6-14)12-15-11-19(3)7-8-22-15/h9,14-15H,4-8,10-12H2,1-3H3/t15-/m1/s1. The van der Waals surface area contributed by atoms with Gasteiger partial charge in [0, 0.05) is 32.6 Å². The number of hydrogen-bond donors (Lipinski definition) is 0. The molecule has 0 N–H and O–H groups in total. The third-order valence-corrected chi connectivity index (χ3v) is 4.78. The summed E-state index contributed by atoms with van der Waals surface area (Å²) < 4.78 is 11.6. The molecule has 2 aliphatic rings. The molecule has 0 bridgehead atoms. The van der Waals surface area contributed by atoms with Gasteiger partial charge in [0.05, 0.1) is 12.7 Å².